The number of carbonyl (C=O) groups excluding carboxylic acids is 2. The van der Waals surface area contributed by atoms with E-state index in [9.17, 15) is 9.59 Å². The summed E-state index contributed by atoms with van der Waals surface area (Å²) in [5.74, 6) is 0.761. The third kappa shape index (κ3) is 2.86. The molecule has 24 heavy (non-hydrogen) atoms. The molecule has 0 atom stereocenters. The highest BCUT2D eigenvalue weighted by Gasteiger charge is 2.53. The van der Waals surface area contributed by atoms with E-state index in [1.165, 1.54) is 5.56 Å². The SMILES string of the molecule is O=C1NC2(CO1)CC(C(=O)N1CCC(c3ccc(Cl)cc3)CC1)C2. The quantitative estimate of drug-likeness (QED) is 0.894. The predicted octanol–water partition coefficient (Wildman–Crippen LogP) is 2.93. The normalized spacial score (nSPS) is 30.0. The number of amides is 2. The van der Waals surface area contributed by atoms with E-state index in [1.54, 1.807) is 0 Å². The van der Waals surface area contributed by atoms with Gasteiger partial charge in [0, 0.05) is 24.0 Å². The van der Waals surface area contributed by atoms with Gasteiger partial charge in [-0.15, -0.1) is 0 Å². The number of halogens is 1. The second-order valence-corrected chi connectivity index (χ2v) is 7.67. The van der Waals surface area contributed by atoms with Gasteiger partial charge in [-0.25, -0.2) is 4.79 Å². The molecule has 1 saturated carbocycles. The summed E-state index contributed by atoms with van der Waals surface area (Å²) in [6, 6.07) is 8.03. The van der Waals surface area contributed by atoms with E-state index >= 15 is 0 Å². The number of nitrogens with zero attached hydrogens (tertiary/aromatic N) is 1. The molecular weight excluding hydrogens is 328 g/mol. The smallest absolute Gasteiger partial charge is 0.407 e. The molecule has 2 aliphatic heterocycles. The van der Waals surface area contributed by atoms with E-state index < -0.39 is 0 Å². The highest BCUT2D eigenvalue weighted by molar-refractivity contribution is 6.30. The molecule has 128 valence electrons. The number of rotatable bonds is 2. The Morgan fingerprint density at radius 2 is 1.88 bits per heavy atom. The Bertz CT molecular complexity index is 647. The van der Waals surface area contributed by atoms with Crippen molar-refractivity contribution in [2.45, 2.75) is 37.1 Å². The van der Waals surface area contributed by atoms with Gasteiger partial charge in [-0.2, -0.15) is 0 Å². The molecule has 1 aliphatic carbocycles. The van der Waals surface area contributed by atoms with Crippen LogP contribution in [0.4, 0.5) is 4.79 Å². The van der Waals surface area contributed by atoms with Gasteiger partial charge in [0.15, 0.2) is 0 Å². The van der Waals surface area contributed by atoms with Gasteiger partial charge in [-0.1, -0.05) is 23.7 Å². The van der Waals surface area contributed by atoms with Gasteiger partial charge in [-0.3, -0.25) is 4.79 Å². The second kappa shape index (κ2) is 5.96. The molecule has 3 aliphatic rings. The second-order valence-electron chi connectivity index (χ2n) is 7.24. The van der Waals surface area contributed by atoms with E-state index in [0.717, 1.165) is 31.0 Å². The van der Waals surface area contributed by atoms with Gasteiger partial charge in [-0.05, 0) is 49.3 Å². The number of ether oxygens (including phenoxy) is 1. The molecule has 1 aromatic rings. The van der Waals surface area contributed by atoms with E-state index in [0.29, 0.717) is 25.4 Å². The maximum Gasteiger partial charge on any atom is 0.407 e. The Labute approximate surface area is 146 Å². The van der Waals surface area contributed by atoms with Crippen molar-refractivity contribution in [2.75, 3.05) is 19.7 Å². The summed E-state index contributed by atoms with van der Waals surface area (Å²) < 4.78 is 4.97. The Balaban J connectivity index is 1.29. The van der Waals surface area contributed by atoms with Crippen LogP contribution in [0.1, 0.15) is 37.2 Å². The molecule has 6 heteroatoms. The van der Waals surface area contributed by atoms with Crippen LogP contribution in [0.25, 0.3) is 0 Å². The van der Waals surface area contributed by atoms with Gasteiger partial charge in [0.2, 0.25) is 5.91 Å². The lowest BCUT2D eigenvalue weighted by molar-refractivity contribution is -0.142. The standard InChI is InChI=1S/C18H21ClN2O3/c19-15-3-1-12(2-4-15)13-5-7-21(8-6-13)16(22)14-9-18(10-14)11-24-17(23)20-18/h1-4,13-14H,5-11H2,(H,20,23). The van der Waals surface area contributed by atoms with Crippen molar-refractivity contribution in [1.29, 1.82) is 0 Å². The van der Waals surface area contributed by atoms with Crippen LogP contribution in [-0.4, -0.2) is 42.1 Å². The molecule has 2 amide bonds. The third-order valence-corrected chi connectivity index (χ3v) is 5.87. The van der Waals surface area contributed by atoms with Crippen molar-refractivity contribution < 1.29 is 14.3 Å². The van der Waals surface area contributed by atoms with Crippen LogP contribution in [0, 0.1) is 5.92 Å². The van der Waals surface area contributed by atoms with Gasteiger partial charge >= 0.3 is 6.09 Å². The molecule has 2 heterocycles. The van der Waals surface area contributed by atoms with Gasteiger partial charge < -0.3 is 15.0 Å². The first-order valence-corrected chi connectivity index (χ1v) is 8.92. The first-order chi connectivity index (χ1) is 11.5. The molecule has 5 nitrogen and oxygen atoms in total. The summed E-state index contributed by atoms with van der Waals surface area (Å²) in [6.45, 7) is 2.01. The molecule has 1 spiro atoms. The van der Waals surface area contributed by atoms with Crippen molar-refractivity contribution in [1.82, 2.24) is 10.2 Å². The summed E-state index contributed by atoms with van der Waals surface area (Å²) in [5, 5.41) is 3.60. The molecular formula is C18H21ClN2O3. The number of hydrogen-bond acceptors (Lipinski definition) is 3. The molecule has 0 unspecified atom stereocenters. The van der Waals surface area contributed by atoms with Crippen molar-refractivity contribution >= 4 is 23.6 Å². The summed E-state index contributed by atoms with van der Waals surface area (Å²) >= 11 is 5.94. The predicted molar refractivity (Wildman–Crippen MR) is 89.9 cm³/mol. The van der Waals surface area contributed by atoms with Crippen molar-refractivity contribution in [3.63, 3.8) is 0 Å². The number of piperidine rings is 1. The lowest BCUT2D eigenvalue weighted by Gasteiger charge is -2.45. The Morgan fingerprint density at radius 1 is 1.21 bits per heavy atom. The van der Waals surface area contributed by atoms with Gasteiger partial charge in [0.05, 0.1) is 5.54 Å². The van der Waals surface area contributed by atoms with Crippen molar-refractivity contribution in [3.05, 3.63) is 34.9 Å². The summed E-state index contributed by atoms with van der Waals surface area (Å²) in [6.07, 6.45) is 3.03. The van der Waals surface area contributed by atoms with E-state index in [4.69, 9.17) is 16.3 Å². The molecule has 0 aromatic heterocycles. The fraction of sp³-hybridized carbons (Fsp3) is 0.556. The fourth-order valence-corrected chi connectivity index (χ4v) is 4.32. The van der Waals surface area contributed by atoms with E-state index in [2.05, 4.69) is 17.4 Å². The Morgan fingerprint density at radius 3 is 2.46 bits per heavy atom. The van der Waals surface area contributed by atoms with Gasteiger partial charge in [0.25, 0.3) is 0 Å². The number of nitrogens with one attached hydrogen (secondary N) is 1. The fourth-order valence-electron chi connectivity index (χ4n) is 4.20. The zero-order valence-corrected chi connectivity index (χ0v) is 14.2. The average Bonchev–Trinajstić information content (AvgIpc) is 2.96. The van der Waals surface area contributed by atoms with Crippen LogP contribution >= 0.6 is 11.6 Å². The molecule has 3 fully saturated rings. The topological polar surface area (TPSA) is 58.6 Å². The highest BCUT2D eigenvalue weighted by atomic mass is 35.5. The summed E-state index contributed by atoms with van der Waals surface area (Å²) in [4.78, 5) is 25.8. The molecule has 4 rings (SSSR count). The first-order valence-electron chi connectivity index (χ1n) is 8.54. The zero-order chi connectivity index (χ0) is 16.7. The highest BCUT2D eigenvalue weighted by Crippen LogP contribution is 2.42. The van der Waals surface area contributed by atoms with E-state index in [-0.39, 0.29) is 23.5 Å². The first kappa shape index (κ1) is 15.8. The number of hydrogen-bond donors (Lipinski definition) is 1. The lowest BCUT2D eigenvalue weighted by Crippen LogP contribution is -2.58. The van der Waals surface area contributed by atoms with Crippen LogP contribution in [0.3, 0.4) is 0 Å². The monoisotopic (exact) mass is 348 g/mol. The minimum atomic E-state index is -0.357. The Kier molecular flexibility index (Phi) is 3.91. The number of cyclic esters (lactones) is 1. The van der Waals surface area contributed by atoms with Crippen molar-refractivity contribution in [2.24, 2.45) is 5.92 Å². The average molecular weight is 349 g/mol. The number of carbonyl (C=O) groups is 2. The maximum absolute atomic E-state index is 12.6. The van der Waals surface area contributed by atoms with Crippen LogP contribution in [0.5, 0.6) is 0 Å². The summed E-state index contributed by atoms with van der Waals surface area (Å²) in [5.41, 5.74) is 1.03. The zero-order valence-electron chi connectivity index (χ0n) is 13.5. The van der Waals surface area contributed by atoms with Crippen LogP contribution in [-0.2, 0) is 9.53 Å². The largest absolute Gasteiger partial charge is 0.447 e. The van der Waals surface area contributed by atoms with Crippen LogP contribution in [0.2, 0.25) is 5.02 Å². The molecule has 2 saturated heterocycles. The van der Waals surface area contributed by atoms with Crippen molar-refractivity contribution in [3.8, 4) is 0 Å². The Hall–Kier alpha value is -1.75. The number of benzene rings is 1. The van der Waals surface area contributed by atoms with E-state index in [1.807, 2.05) is 17.0 Å². The van der Waals surface area contributed by atoms with Crippen LogP contribution in [0.15, 0.2) is 24.3 Å². The molecule has 1 aromatic carbocycles. The minimum Gasteiger partial charge on any atom is -0.447 e. The number of alkyl carbamates (subject to hydrolysis) is 1. The number of likely N-dealkylation sites (tertiary alicyclic amines) is 1. The van der Waals surface area contributed by atoms with Gasteiger partial charge in [0.1, 0.15) is 6.61 Å². The molecule has 0 bridgehead atoms. The van der Waals surface area contributed by atoms with Crippen LogP contribution < -0.4 is 5.32 Å². The minimum absolute atomic E-state index is 0.0269. The molecule has 0 radical (unpaired) electrons. The summed E-state index contributed by atoms with van der Waals surface area (Å²) in [7, 11) is 0. The maximum atomic E-state index is 12.6. The molecule has 1 N–H and O–H groups in total. The third-order valence-electron chi connectivity index (χ3n) is 5.62. The lowest BCUT2D eigenvalue weighted by atomic mass is 9.68.